The molecule has 0 unspecified atom stereocenters. The summed E-state index contributed by atoms with van der Waals surface area (Å²) in [6.07, 6.45) is 4.71. The molecule has 2 N–H and O–H groups in total. The van der Waals surface area contributed by atoms with E-state index in [-0.39, 0.29) is 5.02 Å². The van der Waals surface area contributed by atoms with E-state index >= 15 is 0 Å². The van der Waals surface area contributed by atoms with E-state index < -0.39 is 5.82 Å². The van der Waals surface area contributed by atoms with Crippen LogP contribution in [0.4, 0.5) is 10.1 Å². The van der Waals surface area contributed by atoms with Crippen LogP contribution in [0.2, 0.25) is 5.02 Å². The summed E-state index contributed by atoms with van der Waals surface area (Å²) in [6, 6.07) is 5.22. The largest absolute Gasteiger partial charge is 0.360 e. The van der Waals surface area contributed by atoms with Crippen LogP contribution in [0, 0.1) is 5.82 Å². The Labute approximate surface area is 111 Å². The number of hydrogen-bond acceptors (Lipinski definition) is 1. The van der Waals surface area contributed by atoms with Crippen molar-refractivity contribution >= 4 is 34.6 Å². The Morgan fingerprint density at radius 1 is 1.35 bits per heavy atom. The Morgan fingerprint density at radius 3 is 2.76 bits per heavy atom. The molecular weight excluding hydrogens is 259 g/mol. The Bertz CT molecular complexity index is 419. The van der Waals surface area contributed by atoms with E-state index in [0.29, 0.717) is 16.8 Å². The molecule has 2 rings (SSSR count). The summed E-state index contributed by atoms with van der Waals surface area (Å²) in [5.41, 5.74) is 0.313. The zero-order valence-corrected chi connectivity index (χ0v) is 10.9. The van der Waals surface area contributed by atoms with Crippen LogP contribution in [0.5, 0.6) is 0 Å². The molecule has 1 aromatic rings. The first-order chi connectivity index (χ1) is 8.16. The van der Waals surface area contributed by atoms with Gasteiger partial charge >= 0.3 is 0 Å². The van der Waals surface area contributed by atoms with E-state index in [1.54, 1.807) is 12.1 Å². The van der Waals surface area contributed by atoms with E-state index in [9.17, 15) is 4.39 Å². The quantitative estimate of drug-likeness (QED) is 0.803. The lowest BCUT2D eigenvalue weighted by atomic mass is 10.2. The Morgan fingerprint density at radius 2 is 2.06 bits per heavy atom. The second-order valence-corrected chi connectivity index (χ2v) is 5.00. The maximum Gasteiger partial charge on any atom is 0.171 e. The fourth-order valence-electron chi connectivity index (χ4n) is 2.01. The summed E-state index contributed by atoms with van der Waals surface area (Å²) in [4.78, 5) is 0. The van der Waals surface area contributed by atoms with Gasteiger partial charge in [0, 0.05) is 6.04 Å². The van der Waals surface area contributed by atoms with Gasteiger partial charge in [-0.1, -0.05) is 30.5 Å². The molecule has 1 aliphatic carbocycles. The molecule has 0 bridgehead atoms. The second kappa shape index (κ2) is 5.65. The van der Waals surface area contributed by atoms with Crippen LogP contribution in [0.1, 0.15) is 25.7 Å². The standard InChI is InChI=1S/C12H14ClFN2S/c13-9-6-3-7-10(11(9)14)16-12(17)15-8-4-1-2-5-8/h3,6-8H,1-2,4-5H2,(H2,15,16,17). The third-order valence-corrected chi connectivity index (χ3v) is 3.40. The molecule has 1 saturated carbocycles. The van der Waals surface area contributed by atoms with E-state index in [1.165, 1.54) is 18.9 Å². The number of thiocarbonyl (C=S) groups is 1. The predicted molar refractivity (Wildman–Crippen MR) is 73.0 cm³/mol. The van der Waals surface area contributed by atoms with Gasteiger partial charge in [0.25, 0.3) is 0 Å². The molecule has 1 fully saturated rings. The molecule has 0 radical (unpaired) electrons. The SMILES string of the molecule is Fc1c(Cl)cccc1NC(=S)NC1CCCC1. The van der Waals surface area contributed by atoms with Gasteiger partial charge in [-0.15, -0.1) is 0 Å². The average molecular weight is 273 g/mol. The lowest BCUT2D eigenvalue weighted by Gasteiger charge is -2.16. The van der Waals surface area contributed by atoms with Crippen molar-refractivity contribution < 1.29 is 4.39 Å². The number of rotatable bonds is 2. The summed E-state index contributed by atoms with van der Waals surface area (Å²) in [5.74, 6) is -0.468. The smallest absolute Gasteiger partial charge is 0.171 e. The van der Waals surface area contributed by atoms with Crippen LogP contribution in [-0.2, 0) is 0 Å². The van der Waals surface area contributed by atoms with E-state index in [0.717, 1.165) is 12.8 Å². The highest BCUT2D eigenvalue weighted by Crippen LogP contribution is 2.22. The molecule has 0 spiro atoms. The fourth-order valence-corrected chi connectivity index (χ4v) is 2.47. The van der Waals surface area contributed by atoms with Crippen molar-refractivity contribution in [3.63, 3.8) is 0 Å². The number of nitrogens with one attached hydrogen (secondary N) is 2. The highest BCUT2D eigenvalue weighted by molar-refractivity contribution is 7.80. The second-order valence-electron chi connectivity index (χ2n) is 4.18. The maximum atomic E-state index is 13.6. The maximum absolute atomic E-state index is 13.6. The predicted octanol–water partition coefficient (Wildman–Crippen LogP) is 3.71. The molecule has 0 saturated heterocycles. The lowest BCUT2D eigenvalue weighted by Crippen LogP contribution is -2.36. The molecule has 17 heavy (non-hydrogen) atoms. The molecule has 0 amide bonds. The van der Waals surface area contributed by atoms with Gasteiger partial charge in [-0.2, -0.15) is 0 Å². The monoisotopic (exact) mass is 272 g/mol. The van der Waals surface area contributed by atoms with E-state index in [2.05, 4.69) is 10.6 Å². The van der Waals surface area contributed by atoms with Crippen molar-refractivity contribution in [1.82, 2.24) is 5.32 Å². The van der Waals surface area contributed by atoms with Gasteiger partial charge in [0.05, 0.1) is 10.7 Å². The van der Waals surface area contributed by atoms with Crippen LogP contribution >= 0.6 is 23.8 Å². The number of hydrogen-bond donors (Lipinski definition) is 2. The number of anilines is 1. The van der Waals surface area contributed by atoms with Crippen molar-refractivity contribution in [3.05, 3.63) is 29.0 Å². The molecule has 0 aromatic heterocycles. The minimum Gasteiger partial charge on any atom is -0.360 e. The number of benzene rings is 1. The third-order valence-electron chi connectivity index (χ3n) is 2.89. The van der Waals surface area contributed by atoms with Crippen LogP contribution < -0.4 is 10.6 Å². The van der Waals surface area contributed by atoms with Gasteiger partial charge in [0.2, 0.25) is 0 Å². The van der Waals surface area contributed by atoms with Gasteiger partial charge in [0.15, 0.2) is 10.9 Å². The topological polar surface area (TPSA) is 24.1 Å². The number of halogens is 2. The highest BCUT2D eigenvalue weighted by atomic mass is 35.5. The first-order valence-electron chi connectivity index (χ1n) is 5.68. The molecule has 92 valence electrons. The van der Waals surface area contributed by atoms with Gasteiger partial charge < -0.3 is 10.6 Å². The summed E-state index contributed by atoms with van der Waals surface area (Å²) in [6.45, 7) is 0. The first-order valence-corrected chi connectivity index (χ1v) is 6.47. The van der Waals surface area contributed by atoms with Crippen molar-refractivity contribution in [2.75, 3.05) is 5.32 Å². The molecule has 0 aliphatic heterocycles. The molecule has 2 nitrogen and oxygen atoms in total. The van der Waals surface area contributed by atoms with Crippen molar-refractivity contribution in [2.24, 2.45) is 0 Å². The zero-order valence-electron chi connectivity index (χ0n) is 9.30. The van der Waals surface area contributed by atoms with Gasteiger partial charge in [-0.25, -0.2) is 4.39 Å². The molecule has 0 heterocycles. The van der Waals surface area contributed by atoms with Gasteiger partial charge in [-0.3, -0.25) is 0 Å². The lowest BCUT2D eigenvalue weighted by molar-refractivity contribution is 0.626. The van der Waals surface area contributed by atoms with Crippen molar-refractivity contribution in [2.45, 2.75) is 31.7 Å². The van der Waals surface area contributed by atoms with Crippen molar-refractivity contribution in [3.8, 4) is 0 Å². The van der Waals surface area contributed by atoms with E-state index in [1.807, 2.05) is 0 Å². The van der Waals surface area contributed by atoms with Crippen LogP contribution in [-0.4, -0.2) is 11.2 Å². The summed E-state index contributed by atoms with van der Waals surface area (Å²) < 4.78 is 13.6. The summed E-state index contributed by atoms with van der Waals surface area (Å²) in [7, 11) is 0. The Hall–Kier alpha value is -0.870. The molecule has 1 aromatic carbocycles. The molecule has 1 aliphatic rings. The summed E-state index contributed by atoms with van der Waals surface area (Å²) >= 11 is 10.8. The van der Waals surface area contributed by atoms with Crippen LogP contribution in [0.3, 0.4) is 0 Å². The molecule has 0 atom stereocenters. The minimum atomic E-state index is -0.468. The minimum absolute atomic E-state index is 0.0960. The summed E-state index contributed by atoms with van der Waals surface area (Å²) in [5, 5.41) is 6.58. The Balaban J connectivity index is 1.95. The first kappa shape index (κ1) is 12.6. The third kappa shape index (κ3) is 3.30. The van der Waals surface area contributed by atoms with Gasteiger partial charge in [-0.05, 0) is 37.2 Å². The highest BCUT2D eigenvalue weighted by Gasteiger charge is 2.16. The molecular formula is C12H14ClFN2S. The van der Waals surface area contributed by atoms with Crippen molar-refractivity contribution in [1.29, 1.82) is 0 Å². The van der Waals surface area contributed by atoms with Crippen LogP contribution in [0.15, 0.2) is 18.2 Å². The van der Waals surface area contributed by atoms with E-state index in [4.69, 9.17) is 23.8 Å². The zero-order chi connectivity index (χ0) is 12.3. The average Bonchev–Trinajstić information content (AvgIpc) is 2.77. The molecule has 5 heteroatoms. The van der Waals surface area contributed by atoms with Gasteiger partial charge in [0.1, 0.15) is 0 Å². The fraction of sp³-hybridized carbons (Fsp3) is 0.417. The van der Waals surface area contributed by atoms with Crippen LogP contribution in [0.25, 0.3) is 0 Å². The normalized spacial score (nSPS) is 15.9. The Kier molecular flexibility index (Phi) is 4.18.